The minimum atomic E-state index is -3.64. The number of likely N-dealkylation sites (tertiary alicyclic amines) is 1. The van der Waals surface area contributed by atoms with Gasteiger partial charge < -0.3 is 9.64 Å². The molecule has 1 heterocycles. The van der Waals surface area contributed by atoms with Crippen LogP contribution in [-0.4, -0.2) is 46.0 Å². The fourth-order valence-corrected chi connectivity index (χ4v) is 5.13. The van der Waals surface area contributed by atoms with Gasteiger partial charge in [-0.1, -0.05) is 12.1 Å². The Labute approximate surface area is 177 Å². The second-order valence-corrected chi connectivity index (χ2v) is 9.42. The van der Waals surface area contributed by atoms with Crippen LogP contribution >= 0.6 is 0 Å². The third kappa shape index (κ3) is 4.82. The number of carbonyl (C=O) groups excluding carboxylic acids is 1. The van der Waals surface area contributed by atoms with Crippen molar-refractivity contribution in [3.63, 3.8) is 0 Å². The smallest absolute Gasteiger partial charge is 0.256 e. The number of methoxy groups -OCH3 is 1. The number of ether oxygens (including phenoxy) is 1. The van der Waals surface area contributed by atoms with Crippen LogP contribution < -0.4 is 9.46 Å². The maximum absolute atomic E-state index is 13.9. The minimum absolute atomic E-state index is 0.0712. The number of halogens is 1. The summed E-state index contributed by atoms with van der Waals surface area (Å²) in [6, 6.07) is 9.15. The van der Waals surface area contributed by atoms with Crippen molar-refractivity contribution in [2.45, 2.75) is 31.6 Å². The lowest BCUT2D eigenvalue weighted by Crippen LogP contribution is -2.41. The van der Waals surface area contributed by atoms with Crippen molar-refractivity contribution >= 4 is 15.9 Å². The van der Waals surface area contributed by atoms with Gasteiger partial charge in [-0.15, -0.1) is 0 Å². The van der Waals surface area contributed by atoms with E-state index >= 15 is 0 Å². The number of nitrogens with one attached hydrogen (secondary N) is 1. The van der Waals surface area contributed by atoms with Gasteiger partial charge in [0.05, 0.1) is 17.6 Å². The molecule has 3 rings (SSSR count). The Morgan fingerprint density at radius 3 is 2.33 bits per heavy atom. The van der Waals surface area contributed by atoms with E-state index in [1.165, 1.54) is 12.1 Å². The highest BCUT2D eigenvalue weighted by Crippen LogP contribution is 2.27. The van der Waals surface area contributed by atoms with Crippen LogP contribution in [0.3, 0.4) is 0 Å². The van der Waals surface area contributed by atoms with Gasteiger partial charge >= 0.3 is 0 Å². The topological polar surface area (TPSA) is 75.7 Å². The number of carbonyl (C=O) groups is 1. The number of nitrogens with zero attached hydrogens (tertiary/aromatic N) is 1. The van der Waals surface area contributed by atoms with Gasteiger partial charge in [0.25, 0.3) is 5.91 Å². The fourth-order valence-electron chi connectivity index (χ4n) is 3.84. The van der Waals surface area contributed by atoms with E-state index in [1.54, 1.807) is 36.3 Å². The number of hydrogen-bond acceptors (Lipinski definition) is 4. The van der Waals surface area contributed by atoms with Gasteiger partial charge in [0.15, 0.2) is 0 Å². The predicted molar refractivity (Wildman–Crippen MR) is 113 cm³/mol. The summed E-state index contributed by atoms with van der Waals surface area (Å²) < 4.78 is 47.3. The van der Waals surface area contributed by atoms with E-state index in [9.17, 15) is 17.6 Å². The zero-order valence-electron chi connectivity index (χ0n) is 17.4. The molecule has 30 heavy (non-hydrogen) atoms. The summed E-state index contributed by atoms with van der Waals surface area (Å²) in [6.07, 6.45) is 1.31. The summed E-state index contributed by atoms with van der Waals surface area (Å²) in [5, 5.41) is 0. The highest BCUT2D eigenvalue weighted by atomic mass is 32.2. The third-order valence-corrected chi connectivity index (χ3v) is 6.92. The van der Waals surface area contributed by atoms with Crippen LogP contribution in [0.15, 0.2) is 41.3 Å². The van der Waals surface area contributed by atoms with E-state index in [0.29, 0.717) is 38.2 Å². The first-order valence-electron chi connectivity index (χ1n) is 9.91. The summed E-state index contributed by atoms with van der Waals surface area (Å²) in [4.78, 5) is 14.3. The van der Waals surface area contributed by atoms with Crippen LogP contribution in [0.5, 0.6) is 5.75 Å². The molecule has 1 fully saturated rings. The number of sulfonamides is 1. The first-order valence-corrected chi connectivity index (χ1v) is 11.4. The van der Waals surface area contributed by atoms with Crippen molar-refractivity contribution in [3.05, 3.63) is 58.9 Å². The van der Waals surface area contributed by atoms with E-state index in [-0.39, 0.29) is 22.3 Å². The molecule has 6 nitrogen and oxygen atoms in total. The second kappa shape index (κ2) is 9.14. The molecule has 1 amide bonds. The lowest BCUT2D eigenvalue weighted by Gasteiger charge is -2.32. The molecule has 0 unspecified atom stereocenters. The van der Waals surface area contributed by atoms with Gasteiger partial charge in [0.1, 0.15) is 11.6 Å². The number of benzene rings is 2. The summed E-state index contributed by atoms with van der Waals surface area (Å²) in [7, 11) is -2.08. The summed E-state index contributed by atoms with van der Waals surface area (Å²) in [6.45, 7) is 4.87. The first kappa shape index (κ1) is 22.2. The van der Waals surface area contributed by atoms with Gasteiger partial charge in [-0.3, -0.25) is 4.79 Å². The second-order valence-electron chi connectivity index (χ2n) is 7.66. The molecule has 1 N–H and O–H groups in total. The van der Waals surface area contributed by atoms with Crippen LogP contribution in [0.2, 0.25) is 0 Å². The minimum Gasteiger partial charge on any atom is -0.496 e. The summed E-state index contributed by atoms with van der Waals surface area (Å²) >= 11 is 0. The van der Waals surface area contributed by atoms with Crippen LogP contribution in [0.4, 0.5) is 4.39 Å². The molecule has 0 radical (unpaired) electrons. The Bertz CT molecular complexity index is 1010. The lowest BCUT2D eigenvalue weighted by atomic mass is 9.96. The summed E-state index contributed by atoms with van der Waals surface area (Å²) in [5.41, 5.74) is 1.59. The average Bonchev–Trinajstić information content (AvgIpc) is 2.72. The molecule has 2 aromatic carbocycles. The largest absolute Gasteiger partial charge is 0.496 e. The van der Waals surface area contributed by atoms with Crippen LogP contribution in [0.25, 0.3) is 0 Å². The maximum Gasteiger partial charge on any atom is 0.256 e. The maximum atomic E-state index is 13.9. The van der Waals surface area contributed by atoms with E-state index in [2.05, 4.69) is 4.72 Å². The van der Waals surface area contributed by atoms with Crippen molar-refractivity contribution in [1.29, 1.82) is 0 Å². The van der Waals surface area contributed by atoms with Crippen molar-refractivity contribution in [2.75, 3.05) is 26.7 Å². The SMILES string of the molecule is COc1c(C)cc(S(=O)(=O)NCC2CCN(C(=O)c3ccccc3F)CC2)cc1C. The van der Waals surface area contributed by atoms with Crippen molar-refractivity contribution < 1.29 is 22.3 Å². The number of amides is 1. The Balaban J connectivity index is 1.58. The van der Waals surface area contributed by atoms with Crippen molar-refractivity contribution in [1.82, 2.24) is 9.62 Å². The molecule has 1 aliphatic heterocycles. The van der Waals surface area contributed by atoms with E-state index in [4.69, 9.17) is 4.74 Å². The van der Waals surface area contributed by atoms with Gasteiger partial charge in [-0.2, -0.15) is 0 Å². The summed E-state index contributed by atoms with van der Waals surface area (Å²) in [5.74, 6) is -0.0514. The molecular formula is C22H27FN2O4S. The predicted octanol–water partition coefficient (Wildman–Crippen LogP) is 3.28. The first-order chi connectivity index (χ1) is 14.2. The number of hydrogen-bond donors (Lipinski definition) is 1. The van der Waals surface area contributed by atoms with Gasteiger partial charge in [-0.05, 0) is 68.0 Å². The van der Waals surface area contributed by atoms with E-state index in [0.717, 1.165) is 11.1 Å². The Kier molecular flexibility index (Phi) is 6.77. The Morgan fingerprint density at radius 1 is 1.17 bits per heavy atom. The van der Waals surface area contributed by atoms with E-state index < -0.39 is 15.8 Å². The molecule has 0 spiro atoms. The highest BCUT2D eigenvalue weighted by Gasteiger charge is 2.26. The number of piperidine rings is 1. The number of aryl methyl sites for hydroxylation is 2. The van der Waals surface area contributed by atoms with Crippen molar-refractivity contribution in [3.8, 4) is 5.75 Å². The van der Waals surface area contributed by atoms with Gasteiger partial charge in [0, 0.05) is 19.6 Å². The molecule has 0 saturated carbocycles. The Hall–Kier alpha value is -2.45. The zero-order valence-corrected chi connectivity index (χ0v) is 18.3. The lowest BCUT2D eigenvalue weighted by molar-refractivity contribution is 0.0687. The highest BCUT2D eigenvalue weighted by molar-refractivity contribution is 7.89. The molecule has 0 aromatic heterocycles. The molecular weight excluding hydrogens is 407 g/mol. The standard InChI is InChI=1S/C22H27FN2O4S/c1-15-12-18(13-16(2)21(15)29-3)30(27,28)24-14-17-8-10-25(11-9-17)22(26)19-6-4-5-7-20(19)23/h4-7,12-13,17,24H,8-11,14H2,1-3H3. The third-order valence-electron chi connectivity index (χ3n) is 5.52. The van der Waals surface area contributed by atoms with Crippen molar-refractivity contribution in [2.24, 2.45) is 5.92 Å². The van der Waals surface area contributed by atoms with Crippen LogP contribution in [-0.2, 0) is 10.0 Å². The fraction of sp³-hybridized carbons (Fsp3) is 0.409. The molecule has 0 atom stereocenters. The molecule has 0 aliphatic carbocycles. The average molecular weight is 435 g/mol. The van der Waals surface area contributed by atoms with E-state index in [1.807, 2.05) is 13.8 Å². The molecule has 2 aromatic rings. The van der Waals surface area contributed by atoms with Gasteiger partial charge in [-0.25, -0.2) is 17.5 Å². The molecule has 0 bridgehead atoms. The Morgan fingerprint density at radius 2 is 1.77 bits per heavy atom. The molecule has 8 heteroatoms. The van der Waals surface area contributed by atoms with Crippen LogP contribution in [0.1, 0.15) is 34.3 Å². The van der Waals surface area contributed by atoms with Crippen LogP contribution in [0, 0.1) is 25.6 Å². The quantitative estimate of drug-likeness (QED) is 0.757. The normalized spacial score (nSPS) is 15.3. The zero-order chi connectivity index (χ0) is 21.9. The molecule has 162 valence electrons. The monoisotopic (exact) mass is 434 g/mol. The molecule has 1 saturated heterocycles. The number of rotatable bonds is 6. The molecule has 1 aliphatic rings. The van der Waals surface area contributed by atoms with Gasteiger partial charge in [0.2, 0.25) is 10.0 Å².